The first kappa shape index (κ1) is 19.7. The summed E-state index contributed by atoms with van der Waals surface area (Å²) in [6.07, 6.45) is 0. The summed E-state index contributed by atoms with van der Waals surface area (Å²) in [5, 5.41) is 5.78. The number of hydrogen-bond donors (Lipinski definition) is 2. The summed E-state index contributed by atoms with van der Waals surface area (Å²) in [5.74, 6) is -1.00. The number of thioether (sulfide) groups is 1. The number of anilines is 2. The summed E-state index contributed by atoms with van der Waals surface area (Å²) in [6, 6.07) is 19.5. The number of hydrogen-bond acceptors (Lipinski definition) is 5. The first-order valence-electron chi connectivity index (χ1n) is 9.02. The molecule has 30 heavy (non-hydrogen) atoms. The highest BCUT2D eigenvalue weighted by molar-refractivity contribution is 7.99. The van der Waals surface area contributed by atoms with Crippen LogP contribution in [0.2, 0.25) is 0 Å². The lowest BCUT2D eigenvalue weighted by Crippen LogP contribution is -2.16. The molecular formula is C22H16FN3O3S. The molecule has 0 spiro atoms. The number of nitrogens with one attached hydrogen (secondary N) is 2. The van der Waals surface area contributed by atoms with Crippen molar-refractivity contribution in [3.63, 3.8) is 0 Å². The molecule has 0 fully saturated rings. The Morgan fingerprint density at radius 1 is 0.933 bits per heavy atom. The predicted molar refractivity (Wildman–Crippen MR) is 114 cm³/mol. The van der Waals surface area contributed by atoms with E-state index in [0.717, 1.165) is 5.52 Å². The van der Waals surface area contributed by atoms with Gasteiger partial charge < -0.3 is 15.1 Å². The molecule has 1 heterocycles. The molecule has 0 radical (unpaired) electrons. The highest BCUT2D eigenvalue weighted by atomic mass is 32.2. The molecule has 0 bridgehead atoms. The summed E-state index contributed by atoms with van der Waals surface area (Å²) < 4.78 is 18.8. The molecule has 150 valence electrons. The Hall–Kier alpha value is -3.65. The monoisotopic (exact) mass is 421 g/mol. The number of para-hydroxylation sites is 2. The van der Waals surface area contributed by atoms with Crippen LogP contribution in [-0.2, 0) is 4.79 Å². The standard InChI is InChI=1S/C22H16FN3O3S/c23-15-6-4-8-17(12-15)25-21(28)14-5-3-7-16(11-14)24-20(27)13-30-22-26-18-9-1-2-10-19(18)29-22/h1-12H,13H2,(H,24,27)(H,25,28). The molecule has 2 amide bonds. The summed E-state index contributed by atoms with van der Waals surface area (Å²) in [4.78, 5) is 29.0. The van der Waals surface area contributed by atoms with Crippen LogP contribution in [0.25, 0.3) is 11.1 Å². The second-order valence-corrected chi connectivity index (χ2v) is 7.26. The van der Waals surface area contributed by atoms with E-state index in [1.807, 2.05) is 24.3 Å². The minimum Gasteiger partial charge on any atom is -0.431 e. The molecule has 4 rings (SSSR count). The van der Waals surface area contributed by atoms with Gasteiger partial charge in [-0.2, -0.15) is 0 Å². The molecule has 4 aromatic rings. The number of carbonyl (C=O) groups is 2. The Morgan fingerprint density at radius 3 is 2.50 bits per heavy atom. The van der Waals surface area contributed by atoms with E-state index in [9.17, 15) is 14.0 Å². The van der Waals surface area contributed by atoms with Gasteiger partial charge in [-0.25, -0.2) is 9.37 Å². The number of oxazole rings is 1. The number of benzene rings is 3. The largest absolute Gasteiger partial charge is 0.431 e. The Kier molecular flexibility index (Phi) is 5.76. The molecule has 0 atom stereocenters. The zero-order chi connectivity index (χ0) is 20.9. The molecule has 0 saturated heterocycles. The molecule has 0 unspecified atom stereocenters. The van der Waals surface area contributed by atoms with Crippen LogP contribution in [0, 0.1) is 5.82 Å². The zero-order valence-electron chi connectivity index (χ0n) is 15.6. The molecule has 1 aromatic heterocycles. The summed E-state index contributed by atoms with van der Waals surface area (Å²) >= 11 is 1.18. The lowest BCUT2D eigenvalue weighted by molar-refractivity contribution is -0.113. The smallest absolute Gasteiger partial charge is 0.257 e. The van der Waals surface area contributed by atoms with Crippen molar-refractivity contribution in [2.75, 3.05) is 16.4 Å². The highest BCUT2D eigenvalue weighted by Crippen LogP contribution is 2.23. The predicted octanol–water partition coefficient (Wildman–Crippen LogP) is 4.95. The average molecular weight is 421 g/mol. The summed E-state index contributed by atoms with van der Waals surface area (Å²) in [7, 11) is 0. The Morgan fingerprint density at radius 2 is 1.70 bits per heavy atom. The van der Waals surface area contributed by atoms with Crippen LogP contribution in [0.4, 0.5) is 15.8 Å². The van der Waals surface area contributed by atoms with Crippen LogP contribution in [0.3, 0.4) is 0 Å². The van der Waals surface area contributed by atoms with Crippen molar-refractivity contribution in [3.8, 4) is 0 Å². The van der Waals surface area contributed by atoms with E-state index in [2.05, 4.69) is 15.6 Å². The normalized spacial score (nSPS) is 10.7. The molecule has 2 N–H and O–H groups in total. The first-order valence-corrected chi connectivity index (χ1v) is 10.0. The van der Waals surface area contributed by atoms with Crippen LogP contribution in [0.1, 0.15) is 10.4 Å². The zero-order valence-corrected chi connectivity index (χ0v) is 16.4. The van der Waals surface area contributed by atoms with Gasteiger partial charge >= 0.3 is 0 Å². The van der Waals surface area contributed by atoms with Gasteiger partial charge in [-0.15, -0.1) is 0 Å². The van der Waals surface area contributed by atoms with Gasteiger partial charge in [0.05, 0.1) is 5.75 Å². The molecule has 0 aliphatic carbocycles. The van der Waals surface area contributed by atoms with Crippen LogP contribution in [0.5, 0.6) is 0 Å². The lowest BCUT2D eigenvalue weighted by Gasteiger charge is -2.08. The summed E-state index contributed by atoms with van der Waals surface area (Å²) in [5.41, 5.74) is 2.56. The Bertz CT molecular complexity index is 1190. The van der Waals surface area contributed by atoms with Crippen molar-refractivity contribution in [2.24, 2.45) is 0 Å². The quantitative estimate of drug-likeness (QED) is 0.431. The van der Waals surface area contributed by atoms with Crippen molar-refractivity contribution >= 4 is 46.1 Å². The second kappa shape index (κ2) is 8.79. The van der Waals surface area contributed by atoms with Crippen LogP contribution in [-0.4, -0.2) is 22.6 Å². The third kappa shape index (κ3) is 4.84. The van der Waals surface area contributed by atoms with E-state index in [0.29, 0.717) is 27.7 Å². The molecule has 0 aliphatic heterocycles. The minimum absolute atomic E-state index is 0.104. The van der Waals surface area contributed by atoms with Crippen molar-refractivity contribution in [2.45, 2.75) is 5.22 Å². The number of amides is 2. The Balaban J connectivity index is 1.36. The molecular weight excluding hydrogens is 405 g/mol. The van der Waals surface area contributed by atoms with Crippen LogP contribution in [0.15, 0.2) is 82.4 Å². The number of nitrogens with zero attached hydrogens (tertiary/aromatic N) is 1. The van der Waals surface area contributed by atoms with E-state index < -0.39 is 11.7 Å². The van der Waals surface area contributed by atoms with E-state index in [4.69, 9.17) is 4.42 Å². The van der Waals surface area contributed by atoms with Crippen LogP contribution < -0.4 is 10.6 Å². The van der Waals surface area contributed by atoms with Crippen molar-refractivity contribution in [1.82, 2.24) is 4.98 Å². The van der Waals surface area contributed by atoms with Crippen molar-refractivity contribution in [1.29, 1.82) is 0 Å². The van der Waals surface area contributed by atoms with Gasteiger partial charge in [0.25, 0.3) is 11.1 Å². The highest BCUT2D eigenvalue weighted by Gasteiger charge is 2.11. The lowest BCUT2D eigenvalue weighted by atomic mass is 10.2. The maximum absolute atomic E-state index is 13.3. The van der Waals surface area contributed by atoms with Crippen molar-refractivity contribution < 1.29 is 18.4 Å². The fourth-order valence-corrected chi connectivity index (χ4v) is 3.38. The second-order valence-electron chi connectivity index (χ2n) is 6.33. The third-order valence-electron chi connectivity index (χ3n) is 4.09. The van der Waals surface area contributed by atoms with Gasteiger partial charge in [-0.05, 0) is 48.5 Å². The number of rotatable bonds is 6. The number of aromatic nitrogens is 1. The van der Waals surface area contributed by atoms with Gasteiger partial charge in [0, 0.05) is 16.9 Å². The van der Waals surface area contributed by atoms with Crippen LogP contribution >= 0.6 is 11.8 Å². The fourth-order valence-electron chi connectivity index (χ4n) is 2.74. The van der Waals surface area contributed by atoms with Gasteiger partial charge in [-0.1, -0.05) is 36.0 Å². The van der Waals surface area contributed by atoms with Gasteiger partial charge in [0.1, 0.15) is 11.3 Å². The summed E-state index contributed by atoms with van der Waals surface area (Å²) in [6.45, 7) is 0. The van der Waals surface area contributed by atoms with E-state index in [1.54, 1.807) is 30.3 Å². The van der Waals surface area contributed by atoms with E-state index in [1.165, 1.54) is 30.0 Å². The average Bonchev–Trinajstić information content (AvgIpc) is 3.15. The van der Waals surface area contributed by atoms with Gasteiger partial charge in [0.15, 0.2) is 5.58 Å². The van der Waals surface area contributed by atoms with Crippen molar-refractivity contribution in [3.05, 3.63) is 84.2 Å². The molecule has 6 nitrogen and oxygen atoms in total. The maximum Gasteiger partial charge on any atom is 0.257 e. The van der Waals surface area contributed by atoms with E-state index in [-0.39, 0.29) is 11.7 Å². The number of carbonyl (C=O) groups excluding carboxylic acids is 2. The first-order chi connectivity index (χ1) is 14.6. The molecule has 0 saturated carbocycles. The molecule has 0 aliphatic rings. The maximum atomic E-state index is 13.3. The minimum atomic E-state index is -0.440. The molecule has 8 heteroatoms. The molecule has 3 aromatic carbocycles. The van der Waals surface area contributed by atoms with Gasteiger partial charge in [-0.3, -0.25) is 9.59 Å². The van der Waals surface area contributed by atoms with Gasteiger partial charge in [0.2, 0.25) is 5.91 Å². The van der Waals surface area contributed by atoms with E-state index >= 15 is 0 Å². The fraction of sp³-hybridized carbons (Fsp3) is 0.0455. The topological polar surface area (TPSA) is 84.2 Å². The number of halogens is 1. The Labute approximate surface area is 175 Å². The SMILES string of the molecule is O=C(CSc1nc2ccccc2o1)Nc1cccc(C(=O)Nc2cccc(F)c2)c1. The number of fused-ring (bicyclic) bond motifs is 1. The third-order valence-corrected chi connectivity index (χ3v) is 4.92.